The quantitative estimate of drug-likeness (QED) is 0.655. The summed E-state index contributed by atoms with van der Waals surface area (Å²) in [6.07, 6.45) is 1.87. The molecule has 2 aromatic rings. The molecule has 7 nitrogen and oxygen atoms in total. The van der Waals surface area contributed by atoms with Crippen LogP contribution in [0.15, 0.2) is 23.2 Å². The Morgan fingerprint density at radius 1 is 1.27 bits per heavy atom. The summed E-state index contributed by atoms with van der Waals surface area (Å²) >= 11 is 5.94. The maximum atomic E-state index is 14.6. The topological polar surface area (TPSA) is 96.9 Å². The Bertz CT molecular complexity index is 1070. The molecular formula is C22H29ClFN5O2S2. The molecule has 0 saturated carbocycles. The van der Waals surface area contributed by atoms with Gasteiger partial charge in [0.25, 0.3) is 0 Å². The summed E-state index contributed by atoms with van der Waals surface area (Å²) in [5, 5.41) is 10.0. The van der Waals surface area contributed by atoms with E-state index in [0.717, 1.165) is 25.9 Å². The third-order valence-electron chi connectivity index (χ3n) is 6.89. The molecular weight excluding hydrogens is 485 g/mol. The van der Waals surface area contributed by atoms with Gasteiger partial charge in [0.15, 0.2) is 11.6 Å². The lowest BCUT2D eigenvalue weighted by molar-refractivity contribution is 0.0973. The summed E-state index contributed by atoms with van der Waals surface area (Å²) in [5.41, 5.74) is 8.79. The Morgan fingerprint density at radius 2 is 2.00 bits per heavy atom. The van der Waals surface area contributed by atoms with Gasteiger partial charge in [0.1, 0.15) is 11.4 Å². The van der Waals surface area contributed by atoms with Crippen molar-refractivity contribution in [3.63, 3.8) is 0 Å². The van der Waals surface area contributed by atoms with Crippen molar-refractivity contribution in [1.29, 1.82) is 0 Å². The molecule has 33 heavy (non-hydrogen) atoms. The van der Waals surface area contributed by atoms with Crippen LogP contribution in [-0.4, -0.2) is 52.6 Å². The Labute approximate surface area is 211 Å². The number of nitrogens with two attached hydrogens (primary N) is 1. The monoisotopic (exact) mass is 513 g/mol. The SMILES string of the molecule is C[C@@H]1OCC2(CCN(c3nc4c(nc3CO)C(c3cccc(Cl)c3F)=NC4)CC2)[C@@H]1N.S.S. The van der Waals surface area contributed by atoms with Crippen molar-refractivity contribution < 1.29 is 14.2 Å². The van der Waals surface area contributed by atoms with Crippen LogP contribution in [0.4, 0.5) is 10.2 Å². The molecule has 0 amide bonds. The first-order valence-corrected chi connectivity index (χ1v) is 10.9. The Morgan fingerprint density at radius 3 is 2.64 bits per heavy atom. The Kier molecular flexibility index (Phi) is 7.97. The highest BCUT2D eigenvalue weighted by atomic mass is 35.5. The molecule has 2 fully saturated rings. The lowest BCUT2D eigenvalue weighted by Crippen LogP contribution is -2.51. The molecule has 2 atom stereocenters. The van der Waals surface area contributed by atoms with Gasteiger partial charge in [-0.3, -0.25) is 4.99 Å². The zero-order valence-electron chi connectivity index (χ0n) is 18.3. The lowest BCUT2D eigenvalue weighted by atomic mass is 9.73. The van der Waals surface area contributed by atoms with Crippen molar-refractivity contribution in [2.45, 2.75) is 45.1 Å². The molecule has 2 saturated heterocycles. The zero-order valence-corrected chi connectivity index (χ0v) is 21.1. The molecule has 11 heteroatoms. The number of aromatic nitrogens is 2. The minimum Gasteiger partial charge on any atom is -0.390 e. The summed E-state index contributed by atoms with van der Waals surface area (Å²) in [6, 6.07) is 4.83. The number of hydrogen-bond acceptors (Lipinski definition) is 7. The summed E-state index contributed by atoms with van der Waals surface area (Å²) in [6.45, 7) is 4.30. The third kappa shape index (κ3) is 4.37. The highest BCUT2D eigenvalue weighted by Crippen LogP contribution is 2.42. The average Bonchev–Trinajstić information content (AvgIpc) is 3.32. The second-order valence-electron chi connectivity index (χ2n) is 8.60. The van der Waals surface area contributed by atoms with E-state index >= 15 is 0 Å². The first kappa shape index (κ1) is 26.2. The van der Waals surface area contributed by atoms with Crippen LogP contribution < -0.4 is 10.6 Å². The summed E-state index contributed by atoms with van der Waals surface area (Å²) in [7, 11) is 0. The number of aliphatic hydroxyl groups is 1. The van der Waals surface area contributed by atoms with Gasteiger partial charge in [-0.1, -0.05) is 17.7 Å². The van der Waals surface area contributed by atoms with Gasteiger partial charge >= 0.3 is 0 Å². The molecule has 3 aliphatic rings. The fourth-order valence-corrected chi connectivity index (χ4v) is 5.09. The van der Waals surface area contributed by atoms with Crippen molar-refractivity contribution in [1.82, 2.24) is 9.97 Å². The van der Waals surface area contributed by atoms with Crippen LogP contribution in [-0.2, 0) is 17.9 Å². The number of anilines is 1. The molecule has 180 valence electrons. The Balaban J connectivity index is 0.00000153. The molecule has 0 aliphatic carbocycles. The van der Waals surface area contributed by atoms with Crippen molar-refractivity contribution in [2.75, 3.05) is 24.6 Å². The number of benzene rings is 1. The van der Waals surface area contributed by atoms with Gasteiger partial charge in [-0.2, -0.15) is 27.0 Å². The van der Waals surface area contributed by atoms with E-state index in [0.29, 0.717) is 47.3 Å². The molecule has 1 aromatic carbocycles. The van der Waals surface area contributed by atoms with Crippen LogP contribution in [0.3, 0.4) is 0 Å². The lowest BCUT2D eigenvalue weighted by Gasteiger charge is -2.42. The number of piperidine rings is 1. The average molecular weight is 514 g/mol. The fraction of sp³-hybridized carbons (Fsp3) is 0.500. The number of hydrogen-bond donors (Lipinski definition) is 2. The Hall–Kier alpha value is -1.43. The first-order chi connectivity index (χ1) is 14.9. The molecule has 1 spiro atoms. The molecule has 4 heterocycles. The predicted octanol–water partition coefficient (Wildman–Crippen LogP) is 2.67. The summed E-state index contributed by atoms with van der Waals surface area (Å²) < 4.78 is 20.4. The van der Waals surface area contributed by atoms with E-state index in [-0.39, 0.29) is 56.2 Å². The molecule has 0 bridgehead atoms. The van der Waals surface area contributed by atoms with Gasteiger partial charge in [0.2, 0.25) is 0 Å². The highest BCUT2D eigenvalue weighted by molar-refractivity contribution is 7.59. The second-order valence-corrected chi connectivity index (χ2v) is 9.01. The predicted molar refractivity (Wildman–Crippen MR) is 137 cm³/mol. The van der Waals surface area contributed by atoms with Crippen LogP contribution in [0.1, 0.15) is 42.4 Å². The van der Waals surface area contributed by atoms with Gasteiger partial charge in [-0.25, -0.2) is 14.4 Å². The van der Waals surface area contributed by atoms with Crippen LogP contribution >= 0.6 is 38.6 Å². The van der Waals surface area contributed by atoms with Crippen LogP contribution in [0.5, 0.6) is 0 Å². The van der Waals surface area contributed by atoms with E-state index in [4.69, 9.17) is 27.1 Å². The molecule has 0 radical (unpaired) electrons. The number of ether oxygens (including phenoxy) is 1. The maximum Gasteiger partial charge on any atom is 0.153 e. The van der Waals surface area contributed by atoms with Crippen molar-refractivity contribution in [3.8, 4) is 0 Å². The van der Waals surface area contributed by atoms with E-state index in [1.165, 1.54) is 6.07 Å². The number of aliphatic hydroxyl groups excluding tert-OH is 1. The van der Waals surface area contributed by atoms with Crippen LogP contribution in [0.2, 0.25) is 5.02 Å². The number of rotatable bonds is 3. The maximum absolute atomic E-state index is 14.6. The van der Waals surface area contributed by atoms with E-state index in [1.807, 2.05) is 6.92 Å². The highest BCUT2D eigenvalue weighted by Gasteiger charge is 2.47. The largest absolute Gasteiger partial charge is 0.390 e. The number of aliphatic imine (C=N–C) groups is 1. The van der Waals surface area contributed by atoms with E-state index in [1.54, 1.807) is 12.1 Å². The van der Waals surface area contributed by atoms with Gasteiger partial charge in [0, 0.05) is 30.1 Å². The molecule has 5 rings (SSSR count). The summed E-state index contributed by atoms with van der Waals surface area (Å²) in [4.78, 5) is 16.1. The van der Waals surface area contributed by atoms with Crippen molar-refractivity contribution in [3.05, 3.63) is 51.7 Å². The minimum atomic E-state index is -0.530. The standard InChI is InChI=1S/C22H25ClFN5O2.2H2S/c1-12-20(25)22(11-31-12)5-7-29(8-6-22)21-16(10-30)27-19-15(28-21)9-26-18(19)13-3-2-4-14(23)17(13)24;;/h2-4,12,20,30H,5-11,25H2,1H3;2*1H2/t12-,20+;;/m0../s1. The normalized spacial score (nSPS) is 23.1. The minimum absolute atomic E-state index is 0. The van der Waals surface area contributed by atoms with Gasteiger partial charge in [0.05, 0.1) is 42.3 Å². The van der Waals surface area contributed by atoms with Crippen molar-refractivity contribution in [2.24, 2.45) is 16.1 Å². The summed E-state index contributed by atoms with van der Waals surface area (Å²) in [5.74, 6) is 0.137. The number of nitrogens with zero attached hydrogens (tertiary/aromatic N) is 4. The van der Waals surface area contributed by atoms with E-state index in [2.05, 4.69) is 14.9 Å². The van der Waals surface area contributed by atoms with Crippen LogP contribution in [0, 0.1) is 11.2 Å². The molecule has 0 unspecified atom stereocenters. The van der Waals surface area contributed by atoms with E-state index in [9.17, 15) is 9.50 Å². The van der Waals surface area contributed by atoms with Crippen LogP contribution in [0.25, 0.3) is 0 Å². The van der Waals surface area contributed by atoms with Gasteiger partial charge in [-0.15, -0.1) is 0 Å². The first-order valence-electron chi connectivity index (χ1n) is 10.6. The molecule has 3 aliphatic heterocycles. The van der Waals surface area contributed by atoms with Crippen molar-refractivity contribution >= 4 is 50.1 Å². The smallest absolute Gasteiger partial charge is 0.153 e. The number of fused-ring (bicyclic) bond motifs is 1. The third-order valence-corrected chi connectivity index (χ3v) is 7.18. The zero-order chi connectivity index (χ0) is 21.8. The number of halogens is 2. The molecule has 3 N–H and O–H groups in total. The van der Waals surface area contributed by atoms with Gasteiger partial charge in [-0.05, 0) is 31.9 Å². The fourth-order valence-electron chi connectivity index (χ4n) is 4.92. The van der Waals surface area contributed by atoms with Gasteiger partial charge < -0.3 is 20.5 Å². The molecule has 1 aromatic heterocycles. The van der Waals surface area contributed by atoms with E-state index < -0.39 is 5.82 Å². The second kappa shape index (κ2) is 10.1.